The number of nitrogens with zero attached hydrogens (tertiary/aromatic N) is 5. The first-order valence-corrected chi connectivity index (χ1v) is 10.2. The molecule has 23 heavy (non-hydrogen) atoms. The summed E-state index contributed by atoms with van der Waals surface area (Å²) in [7, 11) is -3.16. The summed E-state index contributed by atoms with van der Waals surface area (Å²) in [5.74, 6) is 0. The molecule has 3 heterocycles. The van der Waals surface area contributed by atoms with Gasteiger partial charge in [-0.15, -0.1) is 10.2 Å². The van der Waals surface area contributed by atoms with Gasteiger partial charge in [0.15, 0.2) is 0 Å². The van der Waals surface area contributed by atoms with Gasteiger partial charge in [0.05, 0.1) is 37.3 Å². The van der Waals surface area contributed by atoms with E-state index < -0.39 is 10.0 Å². The highest BCUT2D eigenvalue weighted by atomic mass is 32.2. The second-order valence-corrected chi connectivity index (χ2v) is 8.60. The van der Waals surface area contributed by atoms with E-state index in [0.29, 0.717) is 26.2 Å². The van der Waals surface area contributed by atoms with E-state index in [9.17, 15) is 8.42 Å². The van der Waals surface area contributed by atoms with Crippen LogP contribution in [0, 0.1) is 0 Å². The zero-order chi connectivity index (χ0) is 16.4. The summed E-state index contributed by atoms with van der Waals surface area (Å²) >= 11 is 1.56. The topological polar surface area (TPSA) is 93.0 Å². The van der Waals surface area contributed by atoms with Crippen LogP contribution >= 0.6 is 11.3 Å². The van der Waals surface area contributed by atoms with Crippen LogP contribution in [0.5, 0.6) is 0 Å². The largest absolute Gasteiger partial charge is 0.354 e. The standard InChI is InChI=1S/C13H20N6O2S2/c1-3-4-12-15-16-13(22-12)14-8-10-7-11-9-18(23(2,20)21)5-6-19(11)17-10/h7H,3-6,8-9H2,1-2H3,(H,14,16). The Balaban J connectivity index is 1.63. The van der Waals surface area contributed by atoms with Gasteiger partial charge in [-0.2, -0.15) is 9.40 Å². The molecule has 0 fully saturated rings. The minimum atomic E-state index is -3.16. The van der Waals surface area contributed by atoms with Crippen LogP contribution in [0.4, 0.5) is 5.13 Å². The van der Waals surface area contributed by atoms with E-state index >= 15 is 0 Å². The molecule has 10 heteroatoms. The van der Waals surface area contributed by atoms with Crippen LogP contribution in [0.1, 0.15) is 29.7 Å². The number of anilines is 1. The first kappa shape index (κ1) is 16.3. The average Bonchev–Trinajstić information content (AvgIpc) is 3.09. The summed E-state index contributed by atoms with van der Waals surface area (Å²) in [5.41, 5.74) is 1.80. The van der Waals surface area contributed by atoms with Crippen molar-refractivity contribution in [3.63, 3.8) is 0 Å². The summed E-state index contributed by atoms with van der Waals surface area (Å²) in [5, 5.41) is 17.8. The molecule has 0 spiro atoms. The Hall–Kier alpha value is -1.52. The third kappa shape index (κ3) is 3.88. The van der Waals surface area contributed by atoms with Crippen LogP contribution < -0.4 is 5.32 Å². The zero-order valence-electron chi connectivity index (χ0n) is 13.2. The lowest BCUT2D eigenvalue weighted by atomic mass is 10.3. The quantitative estimate of drug-likeness (QED) is 0.832. The lowest BCUT2D eigenvalue weighted by molar-refractivity contribution is 0.328. The van der Waals surface area contributed by atoms with Gasteiger partial charge < -0.3 is 5.32 Å². The minimum absolute atomic E-state index is 0.380. The molecule has 0 radical (unpaired) electrons. The highest BCUT2D eigenvalue weighted by Crippen LogP contribution is 2.19. The molecule has 1 aliphatic rings. The van der Waals surface area contributed by atoms with Crippen molar-refractivity contribution in [2.45, 2.75) is 39.4 Å². The zero-order valence-corrected chi connectivity index (χ0v) is 14.8. The smallest absolute Gasteiger partial charge is 0.211 e. The molecule has 0 saturated heterocycles. The minimum Gasteiger partial charge on any atom is -0.354 e. The fourth-order valence-electron chi connectivity index (χ4n) is 2.48. The molecule has 1 aliphatic heterocycles. The van der Waals surface area contributed by atoms with E-state index in [4.69, 9.17) is 0 Å². The van der Waals surface area contributed by atoms with Crippen LogP contribution in [0.3, 0.4) is 0 Å². The summed E-state index contributed by atoms with van der Waals surface area (Å²) in [6.45, 7) is 4.11. The molecule has 0 aliphatic carbocycles. The van der Waals surface area contributed by atoms with E-state index in [1.54, 1.807) is 11.3 Å². The van der Waals surface area contributed by atoms with E-state index in [2.05, 4.69) is 27.5 Å². The Bertz CT molecular complexity index is 782. The van der Waals surface area contributed by atoms with E-state index in [0.717, 1.165) is 34.4 Å². The summed E-state index contributed by atoms with van der Waals surface area (Å²) in [4.78, 5) is 0. The Labute approximate surface area is 139 Å². The Morgan fingerprint density at radius 1 is 1.35 bits per heavy atom. The number of sulfonamides is 1. The molecule has 1 N–H and O–H groups in total. The van der Waals surface area contributed by atoms with Gasteiger partial charge in [-0.1, -0.05) is 18.3 Å². The molecule has 0 aromatic carbocycles. The molecule has 2 aromatic rings. The number of nitrogens with one attached hydrogen (secondary N) is 1. The molecular formula is C13H20N6O2S2. The highest BCUT2D eigenvalue weighted by molar-refractivity contribution is 7.88. The Kier molecular flexibility index (Phi) is 4.64. The van der Waals surface area contributed by atoms with Gasteiger partial charge in [0.25, 0.3) is 0 Å². The van der Waals surface area contributed by atoms with Crippen LogP contribution in [0.25, 0.3) is 0 Å². The van der Waals surface area contributed by atoms with Crippen molar-refractivity contribution in [2.75, 3.05) is 18.1 Å². The van der Waals surface area contributed by atoms with Gasteiger partial charge in [-0.05, 0) is 12.5 Å². The number of hydrogen-bond donors (Lipinski definition) is 1. The normalized spacial score (nSPS) is 15.6. The average molecular weight is 356 g/mol. The molecule has 0 saturated carbocycles. The maximum absolute atomic E-state index is 11.6. The first-order valence-electron chi connectivity index (χ1n) is 7.52. The van der Waals surface area contributed by atoms with Crippen LogP contribution in [-0.4, -0.2) is 45.5 Å². The van der Waals surface area contributed by atoms with Crippen LogP contribution in [-0.2, 0) is 36.1 Å². The first-order chi connectivity index (χ1) is 11.0. The molecule has 0 unspecified atom stereocenters. The predicted molar refractivity (Wildman–Crippen MR) is 88.7 cm³/mol. The number of aromatic nitrogens is 4. The van der Waals surface area contributed by atoms with Gasteiger partial charge in [0.2, 0.25) is 15.2 Å². The SMILES string of the molecule is CCCc1nnc(NCc2cc3n(n2)CCN(S(C)(=O)=O)C3)s1. The maximum Gasteiger partial charge on any atom is 0.211 e. The fourth-order valence-corrected chi connectivity index (χ4v) is 4.09. The summed E-state index contributed by atoms with van der Waals surface area (Å²) < 4.78 is 26.6. The number of rotatable bonds is 6. The third-order valence-electron chi connectivity index (χ3n) is 3.63. The van der Waals surface area contributed by atoms with Gasteiger partial charge in [-0.3, -0.25) is 4.68 Å². The lowest BCUT2D eigenvalue weighted by Gasteiger charge is -2.25. The van der Waals surface area contributed by atoms with E-state index in [1.165, 1.54) is 10.6 Å². The summed E-state index contributed by atoms with van der Waals surface area (Å²) in [6, 6.07) is 1.94. The molecule has 0 bridgehead atoms. The second-order valence-electron chi connectivity index (χ2n) is 5.55. The fraction of sp³-hybridized carbons (Fsp3) is 0.615. The number of fused-ring (bicyclic) bond motifs is 1. The molecule has 2 aromatic heterocycles. The van der Waals surface area contributed by atoms with Gasteiger partial charge in [0.1, 0.15) is 5.01 Å². The molecular weight excluding hydrogens is 336 g/mol. The summed E-state index contributed by atoms with van der Waals surface area (Å²) in [6.07, 6.45) is 3.24. The van der Waals surface area contributed by atoms with E-state index in [-0.39, 0.29) is 0 Å². The Morgan fingerprint density at radius 2 is 2.17 bits per heavy atom. The Morgan fingerprint density at radius 3 is 2.91 bits per heavy atom. The molecule has 0 atom stereocenters. The molecule has 0 amide bonds. The second kappa shape index (κ2) is 6.54. The number of hydrogen-bond acceptors (Lipinski definition) is 7. The molecule has 3 rings (SSSR count). The van der Waals surface area contributed by atoms with Gasteiger partial charge in [0, 0.05) is 13.0 Å². The van der Waals surface area contributed by atoms with Crippen LogP contribution in [0.15, 0.2) is 6.07 Å². The monoisotopic (exact) mass is 356 g/mol. The van der Waals surface area contributed by atoms with E-state index in [1.807, 2.05) is 10.7 Å². The van der Waals surface area contributed by atoms with Crippen LogP contribution in [0.2, 0.25) is 0 Å². The number of aryl methyl sites for hydroxylation is 1. The van der Waals surface area contributed by atoms with Gasteiger partial charge >= 0.3 is 0 Å². The van der Waals surface area contributed by atoms with Crippen molar-refractivity contribution in [1.82, 2.24) is 24.3 Å². The van der Waals surface area contributed by atoms with Crippen molar-refractivity contribution in [3.8, 4) is 0 Å². The highest BCUT2D eigenvalue weighted by Gasteiger charge is 2.24. The predicted octanol–water partition coefficient (Wildman–Crippen LogP) is 1.07. The molecule has 126 valence electrons. The van der Waals surface area contributed by atoms with Gasteiger partial charge in [-0.25, -0.2) is 8.42 Å². The third-order valence-corrected chi connectivity index (χ3v) is 5.82. The van der Waals surface area contributed by atoms with Crippen molar-refractivity contribution < 1.29 is 8.42 Å². The van der Waals surface area contributed by atoms with Crippen molar-refractivity contribution >= 4 is 26.5 Å². The lowest BCUT2D eigenvalue weighted by Crippen LogP contribution is -2.37. The van der Waals surface area contributed by atoms with Crippen molar-refractivity contribution in [2.24, 2.45) is 0 Å². The van der Waals surface area contributed by atoms with Crippen molar-refractivity contribution in [1.29, 1.82) is 0 Å². The van der Waals surface area contributed by atoms with Crippen molar-refractivity contribution in [3.05, 3.63) is 22.5 Å². The maximum atomic E-state index is 11.6. The molecule has 8 nitrogen and oxygen atoms in total.